The lowest BCUT2D eigenvalue weighted by Gasteiger charge is -2.10. The largest absolute Gasteiger partial charge is 0.487 e. The van der Waals surface area contributed by atoms with Crippen molar-refractivity contribution in [3.63, 3.8) is 0 Å². The molecule has 0 aliphatic rings. The highest BCUT2D eigenvalue weighted by molar-refractivity contribution is 6.42. The summed E-state index contributed by atoms with van der Waals surface area (Å²) in [5, 5.41) is 8.05. The number of hydrogen-bond donors (Lipinski definition) is 1. The maximum absolute atomic E-state index is 12.7. The molecule has 0 saturated carbocycles. The summed E-state index contributed by atoms with van der Waals surface area (Å²) in [5.74, 6) is 0.276. The maximum atomic E-state index is 12.7. The van der Waals surface area contributed by atoms with E-state index < -0.39 is 0 Å². The van der Waals surface area contributed by atoms with Crippen molar-refractivity contribution in [3.05, 3.63) is 111 Å². The van der Waals surface area contributed by atoms with Gasteiger partial charge in [0.1, 0.15) is 17.4 Å². The standard InChI is InChI=1S/C25H21Cl2N3O2/c1-17-6-2-3-8-20(17)14-30-15-21(13-28-30)29-25(31)19-9-4-7-18(12-19)16-32-23-11-5-10-22(26)24(23)27/h2-13,15H,14,16H2,1H3,(H,29,31). The van der Waals surface area contributed by atoms with Crippen LogP contribution in [0.1, 0.15) is 27.0 Å². The Hall–Kier alpha value is -3.28. The van der Waals surface area contributed by atoms with Crippen LogP contribution >= 0.6 is 23.2 Å². The van der Waals surface area contributed by atoms with Crippen LogP contribution in [0.2, 0.25) is 10.0 Å². The zero-order valence-corrected chi connectivity index (χ0v) is 18.9. The summed E-state index contributed by atoms with van der Waals surface area (Å²) in [6.07, 6.45) is 3.46. The van der Waals surface area contributed by atoms with Crippen LogP contribution in [0.4, 0.5) is 5.69 Å². The molecule has 0 aliphatic heterocycles. The summed E-state index contributed by atoms with van der Waals surface area (Å²) in [6.45, 7) is 2.97. The van der Waals surface area contributed by atoms with E-state index in [1.165, 1.54) is 11.1 Å². The van der Waals surface area contributed by atoms with Crippen LogP contribution in [0.5, 0.6) is 5.75 Å². The van der Waals surface area contributed by atoms with E-state index in [4.69, 9.17) is 27.9 Å². The predicted molar refractivity (Wildman–Crippen MR) is 128 cm³/mol. The van der Waals surface area contributed by atoms with Crippen LogP contribution in [-0.2, 0) is 13.2 Å². The van der Waals surface area contributed by atoms with E-state index in [1.807, 2.05) is 30.5 Å². The van der Waals surface area contributed by atoms with E-state index in [-0.39, 0.29) is 12.5 Å². The molecule has 162 valence electrons. The summed E-state index contributed by atoms with van der Waals surface area (Å²) in [7, 11) is 0. The molecule has 0 radical (unpaired) electrons. The minimum Gasteiger partial charge on any atom is -0.487 e. The second-order valence-corrected chi connectivity index (χ2v) is 8.13. The zero-order valence-electron chi connectivity index (χ0n) is 17.4. The van der Waals surface area contributed by atoms with Gasteiger partial charge < -0.3 is 10.1 Å². The first-order valence-electron chi connectivity index (χ1n) is 10.0. The van der Waals surface area contributed by atoms with Gasteiger partial charge in [0.15, 0.2) is 0 Å². The van der Waals surface area contributed by atoms with Crippen molar-refractivity contribution in [3.8, 4) is 5.75 Å². The van der Waals surface area contributed by atoms with Crippen LogP contribution in [-0.4, -0.2) is 15.7 Å². The molecule has 0 fully saturated rings. The lowest BCUT2D eigenvalue weighted by molar-refractivity contribution is 0.102. The molecular weight excluding hydrogens is 445 g/mol. The minimum atomic E-state index is -0.219. The molecule has 4 rings (SSSR count). The summed E-state index contributed by atoms with van der Waals surface area (Å²) in [4.78, 5) is 12.7. The van der Waals surface area contributed by atoms with E-state index in [0.717, 1.165) is 5.56 Å². The van der Waals surface area contributed by atoms with Gasteiger partial charge in [0.05, 0.1) is 23.5 Å². The number of halogens is 2. The Morgan fingerprint density at radius 2 is 1.88 bits per heavy atom. The smallest absolute Gasteiger partial charge is 0.255 e. The van der Waals surface area contributed by atoms with Crippen LogP contribution in [0, 0.1) is 6.92 Å². The Bertz CT molecular complexity index is 1250. The number of benzene rings is 3. The number of carbonyl (C=O) groups excluding carboxylic acids is 1. The van der Waals surface area contributed by atoms with Gasteiger partial charge in [0.2, 0.25) is 0 Å². The van der Waals surface area contributed by atoms with E-state index >= 15 is 0 Å². The number of ether oxygens (including phenoxy) is 1. The Labute approximate surface area is 196 Å². The molecule has 0 aliphatic carbocycles. The van der Waals surface area contributed by atoms with Gasteiger partial charge in [0, 0.05) is 11.8 Å². The summed E-state index contributed by atoms with van der Waals surface area (Å²) < 4.78 is 7.57. The molecule has 1 aromatic heterocycles. The normalized spacial score (nSPS) is 10.7. The number of nitrogens with one attached hydrogen (secondary N) is 1. The van der Waals surface area contributed by atoms with Gasteiger partial charge in [-0.2, -0.15) is 5.10 Å². The third-order valence-corrected chi connectivity index (χ3v) is 5.79. The molecule has 5 nitrogen and oxygen atoms in total. The SMILES string of the molecule is Cc1ccccc1Cn1cc(NC(=O)c2cccc(COc3cccc(Cl)c3Cl)c2)cn1. The van der Waals surface area contributed by atoms with E-state index in [2.05, 4.69) is 29.5 Å². The fraction of sp³-hybridized carbons (Fsp3) is 0.120. The third kappa shape index (κ3) is 5.31. The predicted octanol–water partition coefficient (Wildman–Crippen LogP) is 6.38. The molecule has 7 heteroatoms. The number of carbonyl (C=O) groups is 1. The lowest BCUT2D eigenvalue weighted by Crippen LogP contribution is -2.12. The molecule has 0 unspecified atom stereocenters. The van der Waals surface area contributed by atoms with E-state index in [1.54, 1.807) is 41.2 Å². The quantitative estimate of drug-likeness (QED) is 0.344. The van der Waals surface area contributed by atoms with Crippen molar-refractivity contribution >= 4 is 34.8 Å². The van der Waals surface area contributed by atoms with Crippen molar-refractivity contribution in [2.75, 3.05) is 5.32 Å². The molecule has 32 heavy (non-hydrogen) atoms. The Morgan fingerprint density at radius 3 is 2.72 bits per heavy atom. The molecule has 0 saturated heterocycles. The van der Waals surface area contributed by atoms with Crippen molar-refractivity contribution < 1.29 is 9.53 Å². The molecule has 0 spiro atoms. The second-order valence-electron chi connectivity index (χ2n) is 7.35. The number of amides is 1. The van der Waals surface area contributed by atoms with Crippen LogP contribution in [0.3, 0.4) is 0 Å². The fourth-order valence-corrected chi connectivity index (χ4v) is 3.59. The molecule has 3 aromatic carbocycles. The molecule has 1 amide bonds. The highest BCUT2D eigenvalue weighted by Gasteiger charge is 2.10. The fourth-order valence-electron chi connectivity index (χ4n) is 3.24. The second kappa shape index (κ2) is 9.90. The number of rotatable bonds is 7. The summed E-state index contributed by atoms with van der Waals surface area (Å²) in [6, 6.07) is 20.6. The Balaban J connectivity index is 1.39. The van der Waals surface area contributed by atoms with Crippen LogP contribution in [0.25, 0.3) is 0 Å². The van der Waals surface area contributed by atoms with Crippen LogP contribution < -0.4 is 10.1 Å². The molecule has 1 N–H and O–H groups in total. The van der Waals surface area contributed by atoms with E-state index in [9.17, 15) is 4.79 Å². The van der Waals surface area contributed by atoms with Crippen molar-refractivity contribution in [2.24, 2.45) is 0 Å². The first-order chi connectivity index (χ1) is 15.5. The van der Waals surface area contributed by atoms with Gasteiger partial charge in [-0.3, -0.25) is 9.48 Å². The van der Waals surface area contributed by atoms with Crippen LogP contribution in [0.15, 0.2) is 79.1 Å². The van der Waals surface area contributed by atoms with Crippen molar-refractivity contribution in [2.45, 2.75) is 20.1 Å². The van der Waals surface area contributed by atoms with E-state index in [0.29, 0.717) is 33.6 Å². The van der Waals surface area contributed by atoms with Gasteiger partial charge in [-0.15, -0.1) is 0 Å². The van der Waals surface area contributed by atoms with Gasteiger partial charge in [-0.05, 0) is 47.9 Å². The molecule has 0 atom stereocenters. The first kappa shape index (κ1) is 21.9. The van der Waals surface area contributed by atoms with Gasteiger partial charge in [-0.1, -0.05) is 65.7 Å². The monoisotopic (exact) mass is 465 g/mol. The van der Waals surface area contributed by atoms with Gasteiger partial charge in [0.25, 0.3) is 5.91 Å². The maximum Gasteiger partial charge on any atom is 0.255 e. The molecular formula is C25H21Cl2N3O2. The van der Waals surface area contributed by atoms with Crippen molar-refractivity contribution in [1.82, 2.24) is 9.78 Å². The number of aromatic nitrogens is 2. The number of anilines is 1. The Kier molecular flexibility index (Phi) is 6.78. The van der Waals surface area contributed by atoms with Gasteiger partial charge in [-0.25, -0.2) is 0 Å². The summed E-state index contributed by atoms with van der Waals surface area (Å²) in [5.41, 5.74) is 4.38. The Morgan fingerprint density at radius 1 is 1.06 bits per heavy atom. The molecule has 1 heterocycles. The zero-order chi connectivity index (χ0) is 22.5. The number of nitrogens with zero attached hydrogens (tertiary/aromatic N) is 2. The average molecular weight is 466 g/mol. The third-order valence-electron chi connectivity index (χ3n) is 4.98. The topological polar surface area (TPSA) is 56.2 Å². The first-order valence-corrected chi connectivity index (χ1v) is 10.8. The molecule has 4 aromatic rings. The molecule has 0 bridgehead atoms. The summed E-state index contributed by atoms with van der Waals surface area (Å²) >= 11 is 12.2. The average Bonchev–Trinajstić information content (AvgIpc) is 3.23. The highest BCUT2D eigenvalue weighted by Crippen LogP contribution is 2.32. The lowest BCUT2D eigenvalue weighted by atomic mass is 10.1. The van der Waals surface area contributed by atoms with Gasteiger partial charge >= 0.3 is 0 Å². The highest BCUT2D eigenvalue weighted by atomic mass is 35.5. The van der Waals surface area contributed by atoms with Crippen molar-refractivity contribution in [1.29, 1.82) is 0 Å². The minimum absolute atomic E-state index is 0.219. The number of hydrogen-bond acceptors (Lipinski definition) is 3. The number of aryl methyl sites for hydroxylation is 1.